The SMILES string of the molecule is Cn1c(=O)n(C2CCC(=O)CC2=O)c2cccc(CC3CCNCC3)c21. The second-order valence-electron chi connectivity index (χ2n) is 7.63. The van der Waals surface area contributed by atoms with Crippen LogP contribution in [0.2, 0.25) is 0 Å². The van der Waals surface area contributed by atoms with Crippen LogP contribution in [-0.2, 0) is 23.1 Å². The maximum absolute atomic E-state index is 12.9. The Kier molecular flexibility index (Phi) is 4.53. The number of aryl methyl sites for hydroxylation is 1. The monoisotopic (exact) mass is 355 g/mol. The Balaban J connectivity index is 1.77. The predicted octanol–water partition coefficient (Wildman–Crippen LogP) is 1.75. The van der Waals surface area contributed by atoms with Crippen molar-refractivity contribution in [2.45, 2.75) is 44.6 Å². The zero-order valence-corrected chi connectivity index (χ0v) is 15.2. The molecule has 4 rings (SSSR count). The Morgan fingerprint density at radius 1 is 1.12 bits per heavy atom. The molecule has 6 heteroatoms. The topological polar surface area (TPSA) is 73.1 Å². The van der Waals surface area contributed by atoms with Crippen LogP contribution in [0.3, 0.4) is 0 Å². The summed E-state index contributed by atoms with van der Waals surface area (Å²) in [5.41, 5.74) is 2.76. The average molecular weight is 355 g/mol. The Labute approximate surface area is 152 Å². The first kappa shape index (κ1) is 17.2. The minimum Gasteiger partial charge on any atom is -0.317 e. The molecule has 26 heavy (non-hydrogen) atoms. The number of aromatic nitrogens is 2. The molecule has 0 radical (unpaired) electrons. The van der Waals surface area contributed by atoms with Crippen molar-refractivity contribution in [1.29, 1.82) is 0 Å². The van der Waals surface area contributed by atoms with Crippen molar-refractivity contribution in [2.75, 3.05) is 13.1 Å². The first-order valence-corrected chi connectivity index (χ1v) is 9.50. The summed E-state index contributed by atoms with van der Waals surface area (Å²) in [4.78, 5) is 36.9. The number of nitrogens with zero attached hydrogens (tertiary/aromatic N) is 2. The highest BCUT2D eigenvalue weighted by Gasteiger charge is 2.31. The summed E-state index contributed by atoms with van der Waals surface area (Å²) in [6, 6.07) is 5.48. The second kappa shape index (κ2) is 6.83. The Hall–Kier alpha value is -2.21. The number of para-hydroxylation sites is 1. The fourth-order valence-electron chi connectivity index (χ4n) is 4.51. The number of rotatable bonds is 3. The number of carbonyl (C=O) groups is 2. The molecule has 2 heterocycles. The van der Waals surface area contributed by atoms with Crippen LogP contribution >= 0.6 is 0 Å². The molecule has 1 saturated heterocycles. The molecular formula is C20H25N3O3. The number of piperidine rings is 1. The van der Waals surface area contributed by atoms with Crippen LogP contribution in [0, 0.1) is 5.92 Å². The molecule has 0 amide bonds. The molecule has 1 N–H and O–H groups in total. The van der Waals surface area contributed by atoms with E-state index in [2.05, 4.69) is 11.4 Å². The third kappa shape index (κ3) is 2.92. The number of hydrogen-bond acceptors (Lipinski definition) is 4. The first-order chi connectivity index (χ1) is 12.6. The smallest absolute Gasteiger partial charge is 0.317 e. The van der Waals surface area contributed by atoms with E-state index in [0.29, 0.717) is 18.8 Å². The van der Waals surface area contributed by atoms with Crippen LogP contribution in [-0.4, -0.2) is 33.8 Å². The second-order valence-corrected chi connectivity index (χ2v) is 7.63. The van der Waals surface area contributed by atoms with Crippen molar-refractivity contribution >= 4 is 22.6 Å². The molecular weight excluding hydrogens is 330 g/mol. The van der Waals surface area contributed by atoms with Crippen LogP contribution in [0.5, 0.6) is 0 Å². The maximum atomic E-state index is 12.9. The number of hydrogen-bond donors (Lipinski definition) is 1. The first-order valence-electron chi connectivity index (χ1n) is 9.50. The van der Waals surface area contributed by atoms with Gasteiger partial charge in [0, 0.05) is 13.5 Å². The highest BCUT2D eigenvalue weighted by atomic mass is 16.2. The Morgan fingerprint density at radius 3 is 2.62 bits per heavy atom. The third-order valence-electron chi connectivity index (χ3n) is 5.90. The van der Waals surface area contributed by atoms with E-state index in [4.69, 9.17) is 0 Å². The molecule has 1 saturated carbocycles. The van der Waals surface area contributed by atoms with Crippen molar-refractivity contribution in [3.63, 3.8) is 0 Å². The van der Waals surface area contributed by atoms with Gasteiger partial charge in [-0.15, -0.1) is 0 Å². The fraction of sp³-hybridized carbons (Fsp3) is 0.550. The molecule has 6 nitrogen and oxygen atoms in total. The van der Waals surface area contributed by atoms with Crippen molar-refractivity contribution in [3.05, 3.63) is 34.2 Å². The summed E-state index contributed by atoms with van der Waals surface area (Å²) in [5.74, 6) is 0.458. The molecule has 138 valence electrons. The van der Waals surface area contributed by atoms with Gasteiger partial charge in [0.05, 0.1) is 23.5 Å². The zero-order valence-electron chi connectivity index (χ0n) is 15.2. The molecule has 1 aliphatic carbocycles. The molecule has 2 aromatic rings. The quantitative estimate of drug-likeness (QED) is 0.852. The normalized spacial score (nSPS) is 22.3. The molecule has 1 atom stereocenters. The number of Topliss-reactive ketones (excluding diaryl/α,β-unsaturated/α-hetero) is 2. The highest BCUT2D eigenvalue weighted by Crippen LogP contribution is 2.29. The summed E-state index contributed by atoms with van der Waals surface area (Å²) in [5, 5.41) is 3.39. The molecule has 1 aromatic carbocycles. The highest BCUT2D eigenvalue weighted by molar-refractivity contribution is 6.03. The van der Waals surface area contributed by atoms with E-state index in [-0.39, 0.29) is 23.7 Å². The summed E-state index contributed by atoms with van der Waals surface area (Å²) in [6.45, 7) is 2.09. The lowest BCUT2D eigenvalue weighted by molar-refractivity contribution is -0.132. The molecule has 1 aliphatic heterocycles. The lowest BCUT2D eigenvalue weighted by atomic mass is 9.90. The number of ketones is 2. The van der Waals surface area contributed by atoms with Crippen molar-refractivity contribution in [2.24, 2.45) is 13.0 Å². The van der Waals surface area contributed by atoms with E-state index in [9.17, 15) is 14.4 Å². The van der Waals surface area contributed by atoms with Gasteiger partial charge in [-0.1, -0.05) is 12.1 Å². The maximum Gasteiger partial charge on any atom is 0.329 e. The summed E-state index contributed by atoms with van der Waals surface area (Å²) >= 11 is 0. The Morgan fingerprint density at radius 2 is 1.88 bits per heavy atom. The van der Waals surface area contributed by atoms with Crippen molar-refractivity contribution in [3.8, 4) is 0 Å². The number of benzene rings is 1. The van der Waals surface area contributed by atoms with E-state index >= 15 is 0 Å². The van der Waals surface area contributed by atoms with Gasteiger partial charge in [0.2, 0.25) is 0 Å². The lowest BCUT2D eigenvalue weighted by Crippen LogP contribution is -2.34. The van der Waals surface area contributed by atoms with E-state index in [0.717, 1.165) is 43.4 Å². The van der Waals surface area contributed by atoms with Gasteiger partial charge >= 0.3 is 5.69 Å². The number of fused-ring (bicyclic) bond motifs is 1. The summed E-state index contributed by atoms with van der Waals surface area (Å²) in [7, 11) is 1.78. The van der Waals surface area contributed by atoms with Gasteiger partial charge in [-0.05, 0) is 56.3 Å². The molecule has 2 fully saturated rings. The van der Waals surface area contributed by atoms with Gasteiger partial charge in [-0.2, -0.15) is 0 Å². The van der Waals surface area contributed by atoms with Gasteiger partial charge in [-0.25, -0.2) is 4.79 Å². The average Bonchev–Trinajstić information content (AvgIpc) is 2.88. The van der Waals surface area contributed by atoms with Crippen LogP contribution in [0.15, 0.2) is 23.0 Å². The fourth-order valence-corrected chi connectivity index (χ4v) is 4.51. The van der Waals surface area contributed by atoms with E-state index in [1.807, 2.05) is 12.1 Å². The third-order valence-corrected chi connectivity index (χ3v) is 5.90. The minimum atomic E-state index is -0.516. The van der Waals surface area contributed by atoms with Crippen LogP contribution in [0.25, 0.3) is 11.0 Å². The van der Waals surface area contributed by atoms with Crippen LogP contribution < -0.4 is 11.0 Å². The van der Waals surface area contributed by atoms with Crippen LogP contribution in [0.1, 0.15) is 43.7 Å². The standard InChI is InChI=1S/C20H25N3O3/c1-22-19-14(11-13-7-9-21-10-8-13)3-2-4-17(19)23(20(22)26)16-6-5-15(24)12-18(16)25/h2-4,13,16,21H,5-12H2,1H3. The van der Waals surface area contributed by atoms with Gasteiger partial charge in [0.1, 0.15) is 5.78 Å². The van der Waals surface area contributed by atoms with Crippen molar-refractivity contribution < 1.29 is 9.59 Å². The number of carbonyl (C=O) groups excluding carboxylic acids is 2. The van der Waals surface area contributed by atoms with Gasteiger partial charge in [0.15, 0.2) is 5.78 Å². The summed E-state index contributed by atoms with van der Waals surface area (Å²) in [6.07, 6.45) is 3.99. The molecule has 1 unspecified atom stereocenters. The molecule has 2 aliphatic rings. The zero-order chi connectivity index (χ0) is 18.3. The summed E-state index contributed by atoms with van der Waals surface area (Å²) < 4.78 is 3.30. The number of imidazole rings is 1. The number of nitrogens with one attached hydrogen (secondary N) is 1. The predicted molar refractivity (Wildman–Crippen MR) is 99.4 cm³/mol. The van der Waals surface area contributed by atoms with Crippen molar-refractivity contribution in [1.82, 2.24) is 14.5 Å². The van der Waals surface area contributed by atoms with Gasteiger partial charge in [-0.3, -0.25) is 18.7 Å². The Bertz CT molecular complexity index is 918. The lowest BCUT2D eigenvalue weighted by Gasteiger charge is -2.23. The molecule has 0 bridgehead atoms. The van der Waals surface area contributed by atoms with E-state index < -0.39 is 6.04 Å². The van der Waals surface area contributed by atoms with Crippen LogP contribution in [0.4, 0.5) is 0 Å². The molecule has 0 spiro atoms. The van der Waals surface area contributed by atoms with E-state index in [1.165, 1.54) is 5.56 Å². The van der Waals surface area contributed by atoms with E-state index in [1.54, 1.807) is 16.2 Å². The minimum absolute atomic E-state index is 0.0221. The van der Waals surface area contributed by atoms with Gasteiger partial charge in [0.25, 0.3) is 0 Å². The van der Waals surface area contributed by atoms with Gasteiger partial charge < -0.3 is 5.32 Å². The largest absolute Gasteiger partial charge is 0.329 e. The molecule has 1 aromatic heterocycles.